The first kappa shape index (κ1) is 11.8. The number of nitrogens with zero attached hydrogens (tertiary/aromatic N) is 2. The first-order valence-electron chi connectivity index (χ1n) is 5.65. The van der Waals surface area contributed by atoms with Crippen molar-refractivity contribution in [3.05, 3.63) is 42.5 Å². The third-order valence-corrected chi connectivity index (χ3v) is 2.66. The van der Waals surface area contributed by atoms with E-state index in [9.17, 15) is 9.50 Å². The fraction of sp³-hybridized carbons (Fsp3) is 0.308. The molecule has 1 heterocycles. The van der Waals surface area contributed by atoms with Crippen molar-refractivity contribution in [1.29, 1.82) is 0 Å². The highest BCUT2D eigenvalue weighted by Gasteiger charge is 2.06. The van der Waals surface area contributed by atoms with Gasteiger partial charge in [-0.3, -0.25) is 4.68 Å². The molecule has 0 fully saturated rings. The number of aliphatic hydroxyl groups is 1. The van der Waals surface area contributed by atoms with E-state index in [-0.39, 0.29) is 5.82 Å². The molecule has 0 spiro atoms. The molecule has 1 N–H and O–H groups in total. The van der Waals surface area contributed by atoms with Crippen molar-refractivity contribution in [2.45, 2.75) is 26.0 Å². The Kier molecular flexibility index (Phi) is 3.54. The van der Waals surface area contributed by atoms with Crippen LogP contribution in [0.4, 0.5) is 4.39 Å². The van der Waals surface area contributed by atoms with Crippen LogP contribution in [0.3, 0.4) is 0 Å². The van der Waals surface area contributed by atoms with E-state index in [1.54, 1.807) is 16.9 Å². The number of hydrogen-bond acceptors (Lipinski definition) is 2. The molecule has 1 aromatic heterocycles. The van der Waals surface area contributed by atoms with Crippen LogP contribution in [0, 0.1) is 5.82 Å². The molecule has 0 saturated carbocycles. The summed E-state index contributed by atoms with van der Waals surface area (Å²) >= 11 is 0. The van der Waals surface area contributed by atoms with Crippen LogP contribution in [-0.4, -0.2) is 21.0 Å². The fourth-order valence-electron chi connectivity index (χ4n) is 1.63. The molecule has 0 amide bonds. The van der Waals surface area contributed by atoms with Crippen LogP contribution in [0.1, 0.15) is 13.3 Å². The maximum Gasteiger partial charge on any atom is 0.123 e. The number of hydrogen-bond donors (Lipinski definition) is 1. The maximum atomic E-state index is 13.1. The lowest BCUT2D eigenvalue weighted by molar-refractivity contribution is 0.145. The van der Waals surface area contributed by atoms with Gasteiger partial charge in [-0.25, -0.2) is 4.39 Å². The summed E-state index contributed by atoms with van der Waals surface area (Å²) in [7, 11) is 0. The number of aromatic nitrogens is 2. The van der Waals surface area contributed by atoms with Crippen LogP contribution in [0.5, 0.6) is 0 Å². The average Bonchev–Trinajstić information content (AvgIpc) is 2.77. The third kappa shape index (κ3) is 2.91. The largest absolute Gasteiger partial charge is 0.391 e. The van der Waals surface area contributed by atoms with E-state index in [1.165, 1.54) is 12.1 Å². The summed E-state index contributed by atoms with van der Waals surface area (Å²) in [5.41, 5.74) is 1.65. The predicted molar refractivity (Wildman–Crippen MR) is 63.9 cm³/mol. The monoisotopic (exact) mass is 234 g/mol. The minimum atomic E-state index is -0.393. The summed E-state index contributed by atoms with van der Waals surface area (Å²) in [5, 5.41) is 13.7. The molecule has 4 heteroatoms. The molecular formula is C13H15FN2O. The van der Waals surface area contributed by atoms with Gasteiger partial charge < -0.3 is 5.11 Å². The van der Waals surface area contributed by atoms with E-state index in [0.29, 0.717) is 13.0 Å². The number of benzene rings is 1. The van der Waals surface area contributed by atoms with Crippen molar-refractivity contribution in [2.75, 3.05) is 0 Å². The van der Waals surface area contributed by atoms with Gasteiger partial charge in [-0.1, -0.05) is 19.1 Å². The lowest BCUT2D eigenvalue weighted by Crippen LogP contribution is -2.14. The first-order chi connectivity index (χ1) is 8.19. The normalized spacial score (nSPS) is 12.6. The summed E-state index contributed by atoms with van der Waals surface area (Å²) in [6.07, 6.45) is 3.79. The Morgan fingerprint density at radius 1 is 1.41 bits per heavy atom. The molecule has 2 rings (SSSR count). The second-order valence-corrected chi connectivity index (χ2v) is 4.02. The lowest BCUT2D eigenvalue weighted by Gasteiger charge is -2.06. The van der Waals surface area contributed by atoms with Gasteiger partial charge in [-0.05, 0) is 24.1 Å². The summed E-state index contributed by atoms with van der Waals surface area (Å²) < 4.78 is 14.7. The van der Waals surface area contributed by atoms with Gasteiger partial charge in [0, 0.05) is 11.8 Å². The van der Waals surface area contributed by atoms with Gasteiger partial charge in [0.15, 0.2) is 0 Å². The van der Waals surface area contributed by atoms with E-state index in [2.05, 4.69) is 5.10 Å². The molecule has 1 atom stereocenters. The quantitative estimate of drug-likeness (QED) is 0.882. The van der Waals surface area contributed by atoms with E-state index in [1.807, 2.05) is 19.2 Å². The van der Waals surface area contributed by atoms with Crippen molar-refractivity contribution < 1.29 is 9.50 Å². The third-order valence-electron chi connectivity index (χ3n) is 2.66. The molecule has 3 nitrogen and oxygen atoms in total. The van der Waals surface area contributed by atoms with Gasteiger partial charge in [0.05, 0.1) is 18.8 Å². The van der Waals surface area contributed by atoms with Crippen molar-refractivity contribution in [1.82, 2.24) is 9.78 Å². The zero-order valence-corrected chi connectivity index (χ0v) is 9.68. The SMILES string of the molecule is CCC(O)Cn1cc(-c2cccc(F)c2)cn1. The van der Waals surface area contributed by atoms with Gasteiger partial charge in [0.25, 0.3) is 0 Å². The van der Waals surface area contributed by atoms with Crippen LogP contribution in [0.15, 0.2) is 36.7 Å². The number of aliphatic hydroxyl groups excluding tert-OH is 1. The smallest absolute Gasteiger partial charge is 0.123 e. The minimum absolute atomic E-state index is 0.260. The Balaban J connectivity index is 2.18. The Bertz CT molecular complexity index is 496. The molecular weight excluding hydrogens is 219 g/mol. The second-order valence-electron chi connectivity index (χ2n) is 4.02. The predicted octanol–water partition coefficient (Wildman–Crippen LogP) is 2.46. The fourth-order valence-corrected chi connectivity index (χ4v) is 1.63. The molecule has 2 aromatic rings. The zero-order chi connectivity index (χ0) is 12.3. The number of rotatable bonds is 4. The Morgan fingerprint density at radius 2 is 2.24 bits per heavy atom. The van der Waals surface area contributed by atoms with E-state index in [4.69, 9.17) is 0 Å². The Hall–Kier alpha value is -1.68. The summed E-state index contributed by atoms with van der Waals surface area (Å²) in [5.74, 6) is -0.260. The van der Waals surface area contributed by atoms with Crippen LogP contribution in [0.2, 0.25) is 0 Å². The van der Waals surface area contributed by atoms with E-state index >= 15 is 0 Å². The second kappa shape index (κ2) is 5.10. The Labute approximate surface area is 99.5 Å². The van der Waals surface area contributed by atoms with Crippen molar-refractivity contribution >= 4 is 0 Å². The van der Waals surface area contributed by atoms with Crippen molar-refractivity contribution in [3.8, 4) is 11.1 Å². The van der Waals surface area contributed by atoms with E-state index < -0.39 is 6.10 Å². The van der Waals surface area contributed by atoms with Gasteiger partial charge in [-0.15, -0.1) is 0 Å². The van der Waals surface area contributed by atoms with Gasteiger partial charge in [0.2, 0.25) is 0 Å². The molecule has 1 unspecified atom stereocenters. The van der Waals surface area contributed by atoms with Crippen molar-refractivity contribution in [2.24, 2.45) is 0 Å². The zero-order valence-electron chi connectivity index (χ0n) is 9.68. The highest BCUT2D eigenvalue weighted by molar-refractivity contribution is 5.61. The molecule has 0 aliphatic heterocycles. The van der Waals surface area contributed by atoms with Gasteiger partial charge >= 0.3 is 0 Å². The first-order valence-corrected chi connectivity index (χ1v) is 5.65. The summed E-state index contributed by atoms with van der Waals surface area (Å²) in [6, 6.07) is 6.38. The van der Waals surface area contributed by atoms with Crippen LogP contribution in [-0.2, 0) is 6.54 Å². The molecule has 0 aliphatic rings. The standard InChI is InChI=1S/C13H15FN2O/c1-2-13(17)9-16-8-11(7-15-16)10-4-3-5-12(14)6-10/h3-8,13,17H,2,9H2,1H3. The summed E-state index contributed by atoms with van der Waals surface area (Å²) in [6.45, 7) is 2.38. The van der Waals surface area contributed by atoms with E-state index in [0.717, 1.165) is 11.1 Å². The molecule has 17 heavy (non-hydrogen) atoms. The van der Waals surface area contributed by atoms with Crippen molar-refractivity contribution in [3.63, 3.8) is 0 Å². The lowest BCUT2D eigenvalue weighted by atomic mass is 10.1. The van der Waals surface area contributed by atoms with Crippen LogP contribution < -0.4 is 0 Å². The molecule has 0 aliphatic carbocycles. The molecule has 0 saturated heterocycles. The highest BCUT2D eigenvalue weighted by Crippen LogP contribution is 2.19. The minimum Gasteiger partial charge on any atom is -0.391 e. The van der Waals surface area contributed by atoms with Crippen LogP contribution >= 0.6 is 0 Å². The van der Waals surface area contributed by atoms with Gasteiger partial charge in [0.1, 0.15) is 5.82 Å². The average molecular weight is 234 g/mol. The summed E-state index contributed by atoms with van der Waals surface area (Å²) in [4.78, 5) is 0. The maximum absolute atomic E-state index is 13.1. The molecule has 0 radical (unpaired) electrons. The molecule has 0 bridgehead atoms. The van der Waals surface area contributed by atoms with Gasteiger partial charge in [-0.2, -0.15) is 5.10 Å². The topological polar surface area (TPSA) is 38.0 Å². The Morgan fingerprint density at radius 3 is 2.94 bits per heavy atom. The van der Waals surface area contributed by atoms with Crippen LogP contribution in [0.25, 0.3) is 11.1 Å². The number of halogens is 1. The molecule has 90 valence electrons. The highest BCUT2D eigenvalue weighted by atomic mass is 19.1. The molecule has 1 aromatic carbocycles.